The minimum absolute atomic E-state index is 0.134. The number of hydrogen-bond donors (Lipinski definition) is 0. The second-order valence-electron chi connectivity index (χ2n) is 10.8. The standard InChI is InChI=1S/C31H36ClN3O3/c1-33-15-17-35(18-16-33)30(37)22-31(23-38-28-8-4-7-27(32)21-28)11-13-34(14-12-31)29(36)20-24-9-10-25-5-2-3-6-26(25)19-24/h2-10,19,21H,11-18,20,22-23H2,1H3. The summed E-state index contributed by atoms with van der Waals surface area (Å²) in [6.07, 6.45) is 2.29. The predicted molar refractivity (Wildman–Crippen MR) is 152 cm³/mol. The predicted octanol–water partition coefficient (Wildman–Crippen LogP) is 4.89. The zero-order valence-corrected chi connectivity index (χ0v) is 22.8. The van der Waals surface area contributed by atoms with Gasteiger partial charge < -0.3 is 19.4 Å². The Balaban J connectivity index is 1.24. The van der Waals surface area contributed by atoms with Gasteiger partial charge in [-0.05, 0) is 54.4 Å². The molecule has 0 saturated carbocycles. The average molecular weight is 534 g/mol. The highest BCUT2D eigenvalue weighted by molar-refractivity contribution is 6.30. The van der Waals surface area contributed by atoms with Gasteiger partial charge in [0.25, 0.3) is 0 Å². The number of carbonyl (C=O) groups is 2. The topological polar surface area (TPSA) is 53.1 Å². The number of benzene rings is 3. The van der Waals surface area contributed by atoms with Gasteiger partial charge in [0.05, 0.1) is 13.0 Å². The molecule has 0 aliphatic carbocycles. The minimum Gasteiger partial charge on any atom is -0.493 e. The molecule has 0 unspecified atom stereocenters. The molecule has 0 radical (unpaired) electrons. The molecule has 3 aromatic carbocycles. The van der Waals surface area contributed by atoms with Crippen LogP contribution in [0.1, 0.15) is 24.8 Å². The van der Waals surface area contributed by atoms with Crippen LogP contribution in [0.3, 0.4) is 0 Å². The van der Waals surface area contributed by atoms with E-state index in [1.807, 2.05) is 46.2 Å². The van der Waals surface area contributed by atoms with Gasteiger partial charge >= 0.3 is 0 Å². The van der Waals surface area contributed by atoms with Crippen LogP contribution in [-0.4, -0.2) is 79.4 Å². The van der Waals surface area contributed by atoms with Crippen LogP contribution in [0.15, 0.2) is 66.7 Å². The van der Waals surface area contributed by atoms with E-state index in [0.717, 1.165) is 50.0 Å². The van der Waals surface area contributed by atoms with Gasteiger partial charge in [-0.1, -0.05) is 60.1 Å². The zero-order valence-electron chi connectivity index (χ0n) is 22.1. The number of amides is 2. The van der Waals surface area contributed by atoms with Crippen molar-refractivity contribution in [3.8, 4) is 5.75 Å². The highest BCUT2D eigenvalue weighted by atomic mass is 35.5. The lowest BCUT2D eigenvalue weighted by atomic mass is 9.75. The summed E-state index contributed by atoms with van der Waals surface area (Å²) in [6, 6.07) is 21.8. The molecule has 38 heavy (non-hydrogen) atoms. The lowest BCUT2D eigenvalue weighted by Gasteiger charge is -2.43. The molecule has 0 N–H and O–H groups in total. The van der Waals surface area contributed by atoms with Crippen LogP contribution in [0.25, 0.3) is 10.8 Å². The molecule has 2 heterocycles. The van der Waals surface area contributed by atoms with E-state index in [0.29, 0.717) is 43.3 Å². The van der Waals surface area contributed by atoms with Gasteiger partial charge in [0.2, 0.25) is 11.8 Å². The van der Waals surface area contributed by atoms with Gasteiger partial charge in [-0.25, -0.2) is 0 Å². The van der Waals surface area contributed by atoms with Crippen molar-refractivity contribution in [1.82, 2.24) is 14.7 Å². The number of carbonyl (C=O) groups excluding carboxylic acids is 2. The number of rotatable bonds is 7. The zero-order chi connectivity index (χ0) is 26.5. The molecule has 200 valence electrons. The number of likely N-dealkylation sites (tertiary alicyclic amines) is 1. The van der Waals surface area contributed by atoms with E-state index in [1.165, 1.54) is 5.39 Å². The Kier molecular flexibility index (Phi) is 8.20. The van der Waals surface area contributed by atoms with E-state index in [9.17, 15) is 9.59 Å². The fourth-order valence-corrected chi connectivity index (χ4v) is 5.70. The normalized spacial score (nSPS) is 17.9. The number of ether oxygens (including phenoxy) is 1. The molecule has 2 aliphatic heterocycles. The summed E-state index contributed by atoms with van der Waals surface area (Å²) >= 11 is 6.16. The van der Waals surface area contributed by atoms with Crippen LogP contribution in [0.5, 0.6) is 5.75 Å². The Labute approximate surface area is 230 Å². The van der Waals surface area contributed by atoms with Crippen LogP contribution < -0.4 is 4.74 Å². The SMILES string of the molecule is CN1CCN(C(=O)CC2(COc3cccc(Cl)c3)CCN(C(=O)Cc3ccc4ccccc4c3)CC2)CC1. The molecule has 3 aromatic rings. The second-order valence-corrected chi connectivity index (χ2v) is 11.3. The Bertz CT molecular complexity index is 1280. The maximum absolute atomic E-state index is 13.4. The van der Waals surface area contributed by atoms with Crippen molar-refractivity contribution in [1.29, 1.82) is 0 Å². The second kappa shape index (κ2) is 11.7. The maximum Gasteiger partial charge on any atom is 0.226 e. The number of halogens is 1. The van der Waals surface area contributed by atoms with Crippen LogP contribution in [0, 0.1) is 5.41 Å². The third-order valence-corrected chi connectivity index (χ3v) is 8.30. The van der Waals surface area contributed by atoms with E-state index in [-0.39, 0.29) is 17.2 Å². The summed E-state index contributed by atoms with van der Waals surface area (Å²) in [7, 11) is 2.09. The fraction of sp³-hybridized carbons (Fsp3) is 0.419. The van der Waals surface area contributed by atoms with Gasteiger partial charge in [0, 0.05) is 56.1 Å². The molecule has 2 fully saturated rings. The van der Waals surface area contributed by atoms with Gasteiger partial charge in [-0.15, -0.1) is 0 Å². The Morgan fingerprint density at radius 2 is 1.53 bits per heavy atom. The lowest BCUT2D eigenvalue weighted by Crippen LogP contribution is -2.51. The number of hydrogen-bond acceptors (Lipinski definition) is 4. The van der Waals surface area contributed by atoms with Crippen LogP contribution >= 0.6 is 11.6 Å². The van der Waals surface area contributed by atoms with E-state index in [4.69, 9.17) is 16.3 Å². The van der Waals surface area contributed by atoms with Crippen molar-refractivity contribution in [2.45, 2.75) is 25.7 Å². The fourth-order valence-electron chi connectivity index (χ4n) is 5.52. The summed E-state index contributed by atoms with van der Waals surface area (Å²) < 4.78 is 6.20. The Morgan fingerprint density at radius 1 is 0.816 bits per heavy atom. The number of nitrogens with zero attached hydrogens (tertiary/aromatic N) is 3. The molecule has 0 spiro atoms. The van der Waals surface area contributed by atoms with Gasteiger partial charge in [-0.2, -0.15) is 0 Å². The molecule has 6 nitrogen and oxygen atoms in total. The van der Waals surface area contributed by atoms with Gasteiger partial charge in [0.1, 0.15) is 5.75 Å². The van der Waals surface area contributed by atoms with Crippen molar-refractivity contribution < 1.29 is 14.3 Å². The first-order valence-corrected chi connectivity index (χ1v) is 13.9. The number of piperidine rings is 1. The van der Waals surface area contributed by atoms with Crippen LogP contribution in [0.4, 0.5) is 0 Å². The van der Waals surface area contributed by atoms with Crippen molar-refractivity contribution >= 4 is 34.2 Å². The highest BCUT2D eigenvalue weighted by Crippen LogP contribution is 2.37. The molecule has 5 rings (SSSR count). The Hall–Kier alpha value is -3.09. The summed E-state index contributed by atoms with van der Waals surface area (Å²) in [5.41, 5.74) is 0.711. The van der Waals surface area contributed by atoms with Crippen molar-refractivity contribution in [3.05, 3.63) is 77.3 Å². The molecule has 7 heteroatoms. The van der Waals surface area contributed by atoms with Gasteiger partial charge in [-0.3, -0.25) is 9.59 Å². The molecular formula is C31H36ClN3O3. The average Bonchev–Trinajstić information content (AvgIpc) is 2.93. The highest BCUT2D eigenvalue weighted by Gasteiger charge is 2.40. The van der Waals surface area contributed by atoms with Gasteiger partial charge in [0.15, 0.2) is 0 Å². The number of fused-ring (bicyclic) bond motifs is 1. The number of piperazine rings is 1. The molecule has 2 aliphatic rings. The van der Waals surface area contributed by atoms with Crippen LogP contribution in [0.2, 0.25) is 5.02 Å². The van der Waals surface area contributed by atoms with E-state index in [1.54, 1.807) is 6.07 Å². The van der Waals surface area contributed by atoms with Crippen LogP contribution in [-0.2, 0) is 16.0 Å². The van der Waals surface area contributed by atoms with E-state index in [2.05, 4.69) is 36.2 Å². The molecule has 0 atom stereocenters. The number of likely N-dealkylation sites (N-methyl/N-ethyl adjacent to an activating group) is 1. The third-order valence-electron chi connectivity index (χ3n) is 8.07. The summed E-state index contributed by atoms with van der Waals surface area (Å²) in [5.74, 6) is 1.03. The summed E-state index contributed by atoms with van der Waals surface area (Å²) in [4.78, 5) is 32.8. The van der Waals surface area contributed by atoms with Crippen molar-refractivity contribution in [2.75, 3.05) is 52.9 Å². The van der Waals surface area contributed by atoms with Crippen molar-refractivity contribution in [3.63, 3.8) is 0 Å². The van der Waals surface area contributed by atoms with Crippen molar-refractivity contribution in [2.24, 2.45) is 5.41 Å². The Morgan fingerprint density at radius 3 is 2.26 bits per heavy atom. The molecular weight excluding hydrogens is 498 g/mol. The lowest BCUT2D eigenvalue weighted by molar-refractivity contribution is -0.138. The quantitative estimate of drug-likeness (QED) is 0.434. The largest absolute Gasteiger partial charge is 0.493 e. The van der Waals surface area contributed by atoms with E-state index >= 15 is 0 Å². The summed E-state index contributed by atoms with van der Waals surface area (Å²) in [6.45, 7) is 5.00. The monoisotopic (exact) mass is 533 g/mol. The molecule has 2 amide bonds. The van der Waals surface area contributed by atoms with E-state index < -0.39 is 0 Å². The first-order valence-electron chi connectivity index (χ1n) is 13.5. The maximum atomic E-state index is 13.4. The minimum atomic E-state index is -0.317. The summed E-state index contributed by atoms with van der Waals surface area (Å²) in [5, 5.41) is 2.95. The third kappa shape index (κ3) is 6.48. The first-order chi connectivity index (χ1) is 18.4. The first kappa shape index (κ1) is 26.5. The molecule has 0 aromatic heterocycles. The smallest absolute Gasteiger partial charge is 0.226 e. The molecule has 0 bridgehead atoms. The molecule has 2 saturated heterocycles.